The van der Waals surface area contributed by atoms with Crippen LogP contribution in [0.15, 0.2) is 65.1 Å². The van der Waals surface area contributed by atoms with E-state index in [2.05, 4.69) is 22.3 Å². The summed E-state index contributed by atoms with van der Waals surface area (Å²) in [7, 11) is 0. The van der Waals surface area contributed by atoms with Gasteiger partial charge in [0.15, 0.2) is 5.76 Å². The molecule has 0 aliphatic carbocycles. The maximum atomic E-state index is 12.9. The van der Waals surface area contributed by atoms with Crippen LogP contribution < -0.4 is 10.1 Å². The molecular formula is C24H25FN2O3. The van der Waals surface area contributed by atoms with Gasteiger partial charge in [0.25, 0.3) is 5.91 Å². The van der Waals surface area contributed by atoms with Gasteiger partial charge in [0.1, 0.15) is 23.9 Å². The van der Waals surface area contributed by atoms with Crippen LogP contribution >= 0.6 is 0 Å². The minimum absolute atomic E-state index is 0.164. The average Bonchev–Trinajstić information content (AvgIpc) is 3.45. The summed E-state index contributed by atoms with van der Waals surface area (Å²) in [6.45, 7) is 3.80. The maximum absolute atomic E-state index is 12.9. The second kappa shape index (κ2) is 9.59. The van der Waals surface area contributed by atoms with Gasteiger partial charge in [-0.05, 0) is 73.5 Å². The SMILES string of the molecule is O=C(NCc1ccccc1CN1CCCC1)c1ccc(COc2ccc(F)cc2)o1. The van der Waals surface area contributed by atoms with E-state index in [1.54, 1.807) is 24.3 Å². The molecule has 30 heavy (non-hydrogen) atoms. The van der Waals surface area contributed by atoms with Crippen LogP contribution in [0, 0.1) is 5.82 Å². The third kappa shape index (κ3) is 5.27. The standard InChI is InChI=1S/C24H25FN2O3/c25-20-7-9-21(10-8-20)29-17-22-11-12-23(30-22)24(28)26-15-18-5-1-2-6-19(18)16-27-13-3-4-14-27/h1-2,5-12H,3-4,13-17H2,(H,26,28). The Kier molecular flexibility index (Phi) is 6.44. The van der Waals surface area contributed by atoms with Crippen LogP contribution in [0.1, 0.15) is 40.3 Å². The molecule has 1 amide bonds. The summed E-state index contributed by atoms with van der Waals surface area (Å²) in [6.07, 6.45) is 2.51. The first-order valence-corrected chi connectivity index (χ1v) is 10.2. The van der Waals surface area contributed by atoms with E-state index >= 15 is 0 Å². The molecular weight excluding hydrogens is 383 g/mol. The second-order valence-corrected chi connectivity index (χ2v) is 7.44. The molecule has 1 saturated heterocycles. The largest absolute Gasteiger partial charge is 0.486 e. The lowest BCUT2D eigenvalue weighted by Crippen LogP contribution is -2.24. The van der Waals surface area contributed by atoms with Crippen molar-refractivity contribution in [3.63, 3.8) is 0 Å². The lowest BCUT2D eigenvalue weighted by Gasteiger charge is -2.17. The first kappa shape index (κ1) is 20.2. The number of carbonyl (C=O) groups is 1. The Bertz CT molecular complexity index is 978. The van der Waals surface area contributed by atoms with Gasteiger partial charge in [0.2, 0.25) is 0 Å². The zero-order valence-electron chi connectivity index (χ0n) is 16.8. The molecule has 1 N–H and O–H groups in total. The quantitative estimate of drug-likeness (QED) is 0.595. The summed E-state index contributed by atoms with van der Waals surface area (Å²) in [6, 6.07) is 17.3. The number of likely N-dealkylation sites (tertiary alicyclic amines) is 1. The topological polar surface area (TPSA) is 54.7 Å². The van der Waals surface area contributed by atoms with E-state index in [0.29, 0.717) is 18.1 Å². The van der Waals surface area contributed by atoms with Crippen molar-refractivity contribution in [2.45, 2.75) is 32.5 Å². The third-order valence-corrected chi connectivity index (χ3v) is 5.23. The van der Waals surface area contributed by atoms with E-state index in [4.69, 9.17) is 9.15 Å². The Hall–Kier alpha value is -3.12. The molecule has 0 spiro atoms. The van der Waals surface area contributed by atoms with Crippen molar-refractivity contribution in [2.75, 3.05) is 13.1 Å². The monoisotopic (exact) mass is 408 g/mol. The minimum atomic E-state index is -0.318. The van der Waals surface area contributed by atoms with Gasteiger partial charge in [-0.25, -0.2) is 4.39 Å². The van der Waals surface area contributed by atoms with E-state index in [9.17, 15) is 9.18 Å². The third-order valence-electron chi connectivity index (χ3n) is 5.23. The predicted octanol–water partition coefficient (Wildman–Crippen LogP) is 4.52. The highest BCUT2D eigenvalue weighted by Gasteiger charge is 2.15. The molecule has 0 radical (unpaired) electrons. The molecule has 2 aromatic carbocycles. The van der Waals surface area contributed by atoms with E-state index in [-0.39, 0.29) is 24.1 Å². The van der Waals surface area contributed by atoms with Crippen molar-refractivity contribution in [3.05, 3.63) is 89.1 Å². The van der Waals surface area contributed by atoms with Crippen molar-refractivity contribution in [3.8, 4) is 5.75 Å². The fourth-order valence-corrected chi connectivity index (χ4v) is 3.59. The fraction of sp³-hybridized carbons (Fsp3) is 0.292. The van der Waals surface area contributed by atoms with Gasteiger partial charge in [-0.3, -0.25) is 9.69 Å². The summed E-state index contributed by atoms with van der Waals surface area (Å²) in [5.41, 5.74) is 2.36. The summed E-state index contributed by atoms with van der Waals surface area (Å²) < 4.78 is 24.1. The van der Waals surface area contributed by atoms with Crippen LogP contribution in [0.5, 0.6) is 5.75 Å². The Balaban J connectivity index is 1.31. The first-order chi connectivity index (χ1) is 14.7. The number of hydrogen-bond donors (Lipinski definition) is 1. The average molecular weight is 408 g/mol. The number of benzene rings is 2. The van der Waals surface area contributed by atoms with Gasteiger partial charge in [-0.2, -0.15) is 0 Å². The molecule has 4 rings (SSSR count). The highest BCUT2D eigenvalue weighted by atomic mass is 19.1. The number of carbonyl (C=O) groups excluding carboxylic acids is 1. The molecule has 156 valence electrons. The molecule has 0 unspecified atom stereocenters. The normalized spacial score (nSPS) is 14.0. The molecule has 3 aromatic rings. The number of furan rings is 1. The van der Waals surface area contributed by atoms with E-state index in [0.717, 1.165) is 25.2 Å². The Morgan fingerprint density at radius 3 is 2.50 bits per heavy atom. The minimum Gasteiger partial charge on any atom is -0.486 e. The molecule has 1 aliphatic heterocycles. The summed E-state index contributed by atoms with van der Waals surface area (Å²) in [5, 5.41) is 2.94. The molecule has 0 bridgehead atoms. The van der Waals surface area contributed by atoms with Crippen LogP contribution in [-0.2, 0) is 19.7 Å². The highest BCUT2D eigenvalue weighted by molar-refractivity contribution is 5.91. The number of nitrogens with zero attached hydrogens (tertiary/aromatic N) is 1. The van der Waals surface area contributed by atoms with Crippen LogP contribution in [0.4, 0.5) is 4.39 Å². The second-order valence-electron chi connectivity index (χ2n) is 7.44. The number of ether oxygens (including phenoxy) is 1. The molecule has 1 fully saturated rings. The van der Waals surface area contributed by atoms with Gasteiger partial charge < -0.3 is 14.5 Å². The number of amides is 1. The van der Waals surface area contributed by atoms with Crippen molar-refractivity contribution in [1.82, 2.24) is 10.2 Å². The Morgan fingerprint density at radius 1 is 1.00 bits per heavy atom. The molecule has 6 heteroatoms. The fourth-order valence-electron chi connectivity index (χ4n) is 3.59. The molecule has 2 heterocycles. The molecule has 0 saturated carbocycles. The number of rotatable bonds is 8. The van der Waals surface area contributed by atoms with Crippen LogP contribution in [0.3, 0.4) is 0 Å². The zero-order valence-corrected chi connectivity index (χ0v) is 16.8. The van der Waals surface area contributed by atoms with Gasteiger partial charge >= 0.3 is 0 Å². The van der Waals surface area contributed by atoms with E-state index < -0.39 is 0 Å². The summed E-state index contributed by atoms with van der Waals surface area (Å²) in [5.74, 6) is 0.720. The highest BCUT2D eigenvalue weighted by Crippen LogP contribution is 2.17. The Labute approximate surface area is 175 Å². The van der Waals surface area contributed by atoms with Gasteiger partial charge in [0, 0.05) is 13.1 Å². The van der Waals surface area contributed by atoms with E-state index in [1.807, 2.05) is 12.1 Å². The van der Waals surface area contributed by atoms with Gasteiger partial charge in [-0.1, -0.05) is 24.3 Å². The lowest BCUT2D eigenvalue weighted by molar-refractivity contribution is 0.0919. The molecule has 0 atom stereocenters. The summed E-state index contributed by atoms with van der Waals surface area (Å²) >= 11 is 0. The number of hydrogen-bond acceptors (Lipinski definition) is 4. The number of nitrogens with one attached hydrogen (secondary N) is 1. The van der Waals surface area contributed by atoms with Crippen LogP contribution in [-0.4, -0.2) is 23.9 Å². The van der Waals surface area contributed by atoms with Crippen LogP contribution in [0.25, 0.3) is 0 Å². The van der Waals surface area contributed by atoms with Crippen molar-refractivity contribution >= 4 is 5.91 Å². The van der Waals surface area contributed by atoms with Crippen molar-refractivity contribution in [2.24, 2.45) is 0 Å². The first-order valence-electron chi connectivity index (χ1n) is 10.2. The van der Waals surface area contributed by atoms with Crippen molar-refractivity contribution < 1.29 is 18.3 Å². The lowest BCUT2D eigenvalue weighted by atomic mass is 10.1. The molecule has 1 aromatic heterocycles. The van der Waals surface area contributed by atoms with Gasteiger partial charge in [-0.15, -0.1) is 0 Å². The van der Waals surface area contributed by atoms with E-state index in [1.165, 1.54) is 30.5 Å². The smallest absolute Gasteiger partial charge is 0.287 e. The predicted molar refractivity (Wildman–Crippen MR) is 112 cm³/mol. The summed E-state index contributed by atoms with van der Waals surface area (Å²) in [4.78, 5) is 14.9. The number of halogens is 1. The zero-order chi connectivity index (χ0) is 20.8. The van der Waals surface area contributed by atoms with Crippen LogP contribution in [0.2, 0.25) is 0 Å². The molecule has 1 aliphatic rings. The Morgan fingerprint density at radius 2 is 1.73 bits per heavy atom. The molecule has 5 nitrogen and oxygen atoms in total. The van der Waals surface area contributed by atoms with Crippen molar-refractivity contribution in [1.29, 1.82) is 0 Å². The van der Waals surface area contributed by atoms with Gasteiger partial charge in [0.05, 0.1) is 0 Å². The maximum Gasteiger partial charge on any atom is 0.287 e.